The third kappa shape index (κ3) is 1.91. The van der Waals surface area contributed by atoms with E-state index in [9.17, 15) is 4.39 Å². The summed E-state index contributed by atoms with van der Waals surface area (Å²) in [5.74, 6) is 0.131. The highest BCUT2D eigenvalue weighted by Gasteiger charge is 2.35. The van der Waals surface area contributed by atoms with Crippen LogP contribution in [-0.2, 0) is 5.41 Å². The number of rotatable bonds is 2. The van der Waals surface area contributed by atoms with E-state index in [-0.39, 0.29) is 11.2 Å². The number of benzene rings is 1. The summed E-state index contributed by atoms with van der Waals surface area (Å²) in [6.07, 6.45) is 4.59. The van der Waals surface area contributed by atoms with Crippen molar-refractivity contribution < 1.29 is 4.39 Å². The third-order valence-electron chi connectivity index (χ3n) is 4.25. The van der Waals surface area contributed by atoms with Gasteiger partial charge in [-0.05, 0) is 18.9 Å². The molecule has 0 bridgehead atoms. The average Bonchev–Trinajstić information content (AvgIpc) is 2.98. The molecule has 1 aliphatic rings. The molecule has 1 aromatic carbocycles. The molecule has 0 aliphatic heterocycles. The van der Waals surface area contributed by atoms with Crippen molar-refractivity contribution in [3.8, 4) is 11.1 Å². The van der Waals surface area contributed by atoms with Gasteiger partial charge in [-0.1, -0.05) is 38.0 Å². The predicted molar refractivity (Wildman–Crippen MR) is 74.2 cm³/mol. The van der Waals surface area contributed by atoms with E-state index in [2.05, 4.69) is 17.1 Å². The summed E-state index contributed by atoms with van der Waals surface area (Å²) >= 11 is 0. The Labute approximate surface area is 112 Å². The fourth-order valence-electron chi connectivity index (χ4n) is 3.13. The first kappa shape index (κ1) is 12.2. The molecule has 3 rings (SSSR count). The molecule has 100 valence electrons. The summed E-state index contributed by atoms with van der Waals surface area (Å²) in [7, 11) is 0. The van der Waals surface area contributed by atoms with Gasteiger partial charge in [-0.2, -0.15) is 5.10 Å². The van der Waals surface area contributed by atoms with Crippen LogP contribution in [0.25, 0.3) is 11.1 Å². The minimum Gasteiger partial charge on any atom is -0.382 e. The minimum absolute atomic E-state index is 0.0300. The Bertz CT molecular complexity index is 597. The van der Waals surface area contributed by atoms with E-state index in [0.717, 1.165) is 24.1 Å². The second-order valence-corrected chi connectivity index (χ2v) is 5.61. The Kier molecular flexibility index (Phi) is 2.81. The molecule has 1 fully saturated rings. The molecule has 2 aromatic rings. The van der Waals surface area contributed by atoms with E-state index in [1.165, 1.54) is 18.9 Å². The molecule has 1 saturated carbocycles. The number of aromatic amines is 1. The van der Waals surface area contributed by atoms with Gasteiger partial charge < -0.3 is 5.73 Å². The molecule has 1 aromatic heterocycles. The summed E-state index contributed by atoms with van der Waals surface area (Å²) in [5.41, 5.74) is 8.25. The predicted octanol–water partition coefficient (Wildman–Crippen LogP) is 3.63. The molecule has 0 spiro atoms. The Balaban J connectivity index is 2.17. The summed E-state index contributed by atoms with van der Waals surface area (Å²) in [5, 5.41) is 7.15. The number of hydrogen-bond acceptors (Lipinski definition) is 2. The number of halogens is 1. The molecule has 3 nitrogen and oxygen atoms in total. The van der Waals surface area contributed by atoms with E-state index >= 15 is 0 Å². The largest absolute Gasteiger partial charge is 0.382 e. The Morgan fingerprint density at radius 2 is 1.95 bits per heavy atom. The number of nitrogens with two attached hydrogens (primary N) is 1. The number of nitrogens with zero attached hydrogens (tertiary/aromatic N) is 1. The van der Waals surface area contributed by atoms with E-state index in [0.29, 0.717) is 11.4 Å². The SMILES string of the molecule is CC1(c2[nH]nc(N)c2-c2ccccc2F)CCCC1. The minimum atomic E-state index is -0.251. The van der Waals surface area contributed by atoms with Crippen LogP contribution in [0.5, 0.6) is 0 Å². The van der Waals surface area contributed by atoms with Gasteiger partial charge in [0, 0.05) is 11.0 Å². The van der Waals surface area contributed by atoms with Gasteiger partial charge in [0.05, 0.1) is 11.3 Å². The lowest BCUT2D eigenvalue weighted by molar-refractivity contribution is 0.475. The van der Waals surface area contributed by atoms with Crippen molar-refractivity contribution in [3.63, 3.8) is 0 Å². The average molecular weight is 259 g/mol. The molecule has 19 heavy (non-hydrogen) atoms. The molecule has 4 heteroatoms. The summed E-state index contributed by atoms with van der Waals surface area (Å²) in [6.45, 7) is 2.21. The van der Waals surface area contributed by atoms with Crippen molar-refractivity contribution >= 4 is 5.82 Å². The third-order valence-corrected chi connectivity index (χ3v) is 4.25. The smallest absolute Gasteiger partial charge is 0.153 e. The van der Waals surface area contributed by atoms with Crippen molar-refractivity contribution in [1.82, 2.24) is 10.2 Å². The van der Waals surface area contributed by atoms with Crippen LogP contribution in [0, 0.1) is 5.82 Å². The van der Waals surface area contributed by atoms with Crippen molar-refractivity contribution in [2.75, 3.05) is 5.73 Å². The first-order valence-electron chi connectivity index (χ1n) is 6.71. The standard InChI is InChI=1S/C15H18FN3/c1-15(8-4-5-9-15)13-12(14(17)19-18-13)10-6-2-3-7-11(10)16/h2-3,6-7H,4-5,8-9H2,1H3,(H3,17,18,19). The zero-order valence-corrected chi connectivity index (χ0v) is 11.0. The lowest BCUT2D eigenvalue weighted by Gasteiger charge is -2.23. The van der Waals surface area contributed by atoms with Gasteiger partial charge in [-0.3, -0.25) is 5.10 Å². The van der Waals surface area contributed by atoms with Crippen molar-refractivity contribution in [2.45, 2.75) is 38.0 Å². The number of nitrogen functional groups attached to an aromatic ring is 1. The Morgan fingerprint density at radius 3 is 2.63 bits per heavy atom. The van der Waals surface area contributed by atoms with Crippen LogP contribution in [0.2, 0.25) is 0 Å². The van der Waals surface area contributed by atoms with Gasteiger partial charge in [0.2, 0.25) is 0 Å². The lowest BCUT2D eigenvalue weighted by atomic mass is 9.81. The number of H-pyrrole nitrogens is 1. The number of anilines is 1. The first-order chi connectivity index (χ1) is 9.12. The zero-order valence-electron chi connectivity index (χ0n) is 11.0. The highest BCUT2D eigenvalue weighted by Crippen LogP contribution is 2.45. The molecular weight excluding hydrogens is 241 g/mol. The van der Waals surface area contributed by atoms with E-state index in [1.807, 2.05) is 6.07 Å². The number of aromatic nitrogens is 2. The number of nitrogens with one attached hydrogen (secondary N) is 1. The second kappa shape index (κ2) is 4.37. The van der Waals surface area contributed by atoms with Crippen LogP contribution < -0.4 is 5.73 Å². The maximum absolute atomic E-state index is 14.0. The van der Waals surface area contributed by atoms with Gasteiger partial charge in [0.15, 0.2) is 5.82 Å². The van der Waals surface area contributed by atoms with Crippen molar-refractivity contribution in [2.24, 2.45) is 0 Å². The van der Waals surface area contributed by atoms with Gasteiger partial charge in [-0.25, -0.2) is 4.39 Å². The van der Waals surface area contributed by atoms with E-state index < -0.39 is 0 Å². The van der Waals surface area contributed by atoms with Gasteiger partial charge in [0.25, 0.3) is 0 Å². The fraction of sp³-hybridized carbons (Fsp3) is 0.400. The zero-order chi connectivity index (χ0) is 13.5. The van der Waals surface area contributed by atoms with Crippen molar-refractivity contribution in [3.05, 3.63) is 35.8 Å². The van der Waals surface area contributed by atoms with Crippen LogP contribution >= 0.6 is 0 Å². The number of hydrogen-bond donors (Lipinski definition) is 2. The van der Waals surface area contributed by atoms with E-state index in [1.54, 1.807) is 12.1 Å². The molecule has 1 heterocycles. The summed E-state index contributed by atoms with van der Waals surface area (Å²) in [6, 6.07) is 6.73. The molecule has 0 unspecified atom stereocenters. The summed E-state index contributed by atoms with van der Waals surface area (Å²) < 4.78 is 14.0. The molecular formula is C15H18FN3. The maximum Gasteiger partial charge on any atom is 0.153 e. The molecule has 0 saturated heterocycles. The van der Waals surface area contributed by atoms with Gasteiger partial charge in [0.1, 0.15) is 5.82 Å². The molecule has 3 N–H and O–H groups in total. The topological polar surface area (TPSA) is 54.7 Å². The fourth-order valence-corrected chi connectivity index (χ4v) is 3.13. The van der Waals surface area contributed by atoms with Crippen LogP contribution in [0.3, 0.4) is 0 Å². The second-order valence-electron chi connectivity index (χ2n) is 5.61. The van der Waals surface area contributed by atoms with Crippen molar-refractivity contribution in [1.29, 1.82) is 0 Å². The van der Waals surface area contributed by atoms with Gasteiger partial charge >= 0.3 is 0 Å². The highest BCUT2D eigenvalue weighted by molar-refractivity contribution is 5.77. The Morgan fingerprint density at radius 1 is 1.26 bits per heavy atom. The highest BCUT2D eigenvalue weighted by atomic mass is 19.1. The molecule has 0 radical (unpaired) electrons. The first-order valence-corrected chi connectivity index (χ1v) is 6.71. The molecule has 1 aliphatic carbocycles. The van der Waals surface area contributed by atoms with Crippen LogP contribution in [0.4, 0.5) is 10.2 Å². The van der Waals surface area contributed by atoms with E-state index in [4.69, 9.17) is 5.73 Å². The van der Waals surface area contributed by atoms with Crippen LogP contribution in [-0.4, -0.2) is 10.2 Å². The molecule has 0 amide bonds. The molecule has 0 atom stereocenters. The van der Waals surface area contributed by atoms with Gasteiger partial charge in [-0.15, -0.1) is 0 Å². The summed E-state index contributed by atoms with van der Waals surface area (Å²) in [4.78, 5) is 0. The lowest BCUT2D eigenvalue weighted by Crippen LogP contribution is -2.18. The normalized spacial score (nSPS) is 17.8. The Hall–Kier alpha value is -1.84. The maximum atomic E-state index is 14.0. The monoisotopic (exact) mass is 259 g/mol. The van der Waals surface area contributed by atoms with Crippen LogP contribution in [0.1, 0.15) is 38.3 Å². The van der Waals surface area contributed by atoms with Crippen LogP contribution in [0.15, 0.2) is 24.3 Å². The quantitative estimate of drug-likeness (QED) is 0.865.